The van der Waals surface area contributed by atoms with Gasteiger partial charge in [-0.25, -0.2) is 4.98 Å². The van der Waals surface area contributed by atoms with Crippen molar-refractivity contribution in [1.29, 1.82) is 0 Å². The van der Waals surface area contributed by atoms with E-state index in [1.807, 2.05) is 22.7 Å². The predicted molar refractivity (Wildman–Crippen MR) is 60.8 cm³/mol. The number of hydrogen-bond donors (Lipinski definition) is 1. The molecule has 1 amide bonds. The van der Waals surface area contributed by atoms with Crippen LogP contribution in [0.25, 0.3) is 0 Å². The maximum absolute atomic E-state index is 11.8. The zero-order chi connectivity index (χ0) is 11.5. The van der Waals surface area contributed by atoms with Crippen LogP contribution in [0.15, 0.2) is 12.5 Å². The molecule has 88 valence electrons. The average molecular weight is 222 g/mol. The van der Waals surface area contributed by atoms with Crippen LogP contribution < -0.4 is 5.73 Å². The lowest BCUT2D eigenvalue weighted by molar-refractivity contribution is -0.131. The Balaban J connectivity index is 1.89. The van der Waals surface area contributed by atoms with Crippen LogP contribution in [0.4, 0.5) is 0 Å². The van der Waals surface area contributed by atoms with Gasteiger partial charge in [-0.05, 0) is 19.4 Å². The molecule has 1 saturated carbocycles. The second-order valence-corrected chi connectivity index (χ2v) is 4.31. The van der Waals surface area contributed by atoms with E-state index in [0.29, 0.717) is 19.1 Å². The first-order valence-electron chi connectivity index (χ1n) is 5.67. The van der Waals surface area contributed by atoms with Gasteiger partial charge in [0.15, 0.2) is 0 Å². The molecule has 1 aromatic rings. The van der Waals surface area contributed by atoms with Gasteiger partial charge in [-0.15, -0.1) is 0 Å². The minimum Gasteiger partial charge on any atom is -0.341 e. The largest absolute Gasteiger partial charge is 0.341 e. The number of amides is 1. The fourth-order valence-electron chi connectivity index (χ4n) is 1.70. The molecule has 0 radical (unpaired) electrons. The topological polar surface area (TPSA) is 64.2 Å². The Morgan fingerprint density at radius 1 is 1.69 bits per heavy atom. The predicted octanol–water partition coefficient (Wildman–Crippen LogP) is 0.00510. The van der Waals surface area contributed by atoms with Gasteiger partial charge >= 0.3 is 0 Å². The van der Waals surface area contributed by atoms with Crippen molar-refractivity contribution in [3.8, 4) is 0 Å². The monoisotopic (exact) mass is 222 g/mol. The summed E-state index contributed by atoms with van der Waals surface area (Å²) in [5, 5.41) is 0. The van der Waals surface area contributed by atoms with E-state index in [0.717, 1.165) is 25.0 Å². The molecule has 1 heterocycles. The number of likely N-dealkylation sites (N-methyl/N-ethyl adjacent to an activating group) is 1. The zero-order valence-corrected chi connectivity index (χ0v) is 9.59. The molecular formula is C11H18N4O. The number of nitrogens with two attached hydrogens (primary N) is 1. The molecule has 16 heavy (non-hydrogen) atoms. The first kappa shape index (κ1) is 11.1. The number of nitrogens with zero attached hydrogens (tertiary/aromatic N) is 3. The van der Waals surface area contributed by atoms with Crippen molar-refractivity contribution < 1.29 is 4.79 Å². The van der Waals surface area contributed by atoms with Crippen LogP contribution in [0.3, 0.4) is 0 Å². The molecule has 2 N–H and O–H groups in total. The maximum atomic E-state index is 11.8. The number of hydrogen-bond acceptors (Lipinski definition) is 3. The Bertz CT molecular complexity index is 370. The molecule has 0 aromatic carbocycles. The lowest BCUT2D eigenvalue weighted by atomic mass is 10.3. The molecular weight excluding hydrogens is 204 g/mol. The molecule has 0 unspecified atom stereocenters. The Kier molecular flexibility index (Phi) is 3.24. The van der Waals surface area contributed by atoms with Crippen molar-refractivity contribution in [2.45, 2.75) is 31.8 Å². The standard InChI is InChI=1S/C11H18N4O/c1-14(10-2-3-10)11(16)7-15-6-9(4-5-12)13-8-15/h6,8,10H,2-5,7,12H2,1H3. The van der Waals surface area contributed by atoms with E-state index in [-0.39, 0.29) is 5.91 Å². The van der Waals surface area contributed by atoms with Crippen molar-refractivity contribution in [1.82, 2.24) is 14.5 Å². The first-order valence-corrected chi connectivity index (χ1v) is 5.67. The third-order valence-corrected chi connectivity index (χ3v) is 2.89. The summed E-state index contributed by atoms with van der Waals surface area (Å²) in [4.78, 5) is 17.8. The van der Waals surface area contributed by atoms with E-state index in [1.54, 1.807) is 6.33 Å². The Morgan fingerprint density at radius 2 is 2.44 bits per heavy atom. The van der Waals surface area contributed by atoms with E-state index in [4.69, 9.17) is 5.73 Å². The highest BCUT2D eigenvalue weighted by molar-refractivity contribution is 5.76. The lowest BCUT2D eigenvalue weighted by Gasteiger charge is -2.16. The summed E-state index contributed by atoms with van der Waals surface area (Å²) >= 11 is 0. The van der Waals surface area contributed by atoms with Crippen molar-refractivity contribution in [3.05, 3.63) is 18.2 Å². The number of imidazole rings is 1. The summed E-state index contributed by atoms with van der Waals surface area (Å²) < 4.78 is 1.83. The molecule has 0 bridgehead atoms. The molecule has 0 spiro atoms. The summed E-state index contributed by atoms with van der Waals surface area (Å²) in [6.45, 7) is 0.970. The minimum absolute atomic E-state index is 0.152. The summed E-state index contributed by atoms with van der Waals surface area (Å²) in [7, 11) is 1.87. The number of carbonyl (C=O) groups is 1. The molecule has 1 aromatic heterocycles. The Labute approximate surface area is 95.2 Å². The van der Waals surface area contributed by atoms with Crippen LogP contribution >= 0.6 is 0 Å². The number of rotatable bonds is 5. The molecule has 0 aliphatic heterocycles. The number of aromatic nitrogens is 2. The highest BCUT2D eigenvalue weighted by Crippen LogP contribution is 2.25. The van der Waals surface area contributed by atoms with Gasteiger partial charge in [0, 0.05) is 25.7 Å². The highest BCUT2D eigenvalue weighted by Gasteiger charge is 2.29. The Morgan fingerprint density at radius 3 is 3.06 bits per heavy atom. The highest BCUT2D eigenvalue weighted by atomic mass is 16.2. The fraction of sp³-hybridized carbons (Fsp3) is 0.636. The van der Waals surface area contributed by atoms with E-state index < -0.39 is 0 Å². The normalized spacial score (nSPS) is 15.1. The molecule has 5 heteroatoms. The van der Waals surface area contributed by atoms with Crippen LogP contribution in [0.2, 0.25) is 0 Å². The van der Waals surface area contributed by atoms with E-state index in [9.17, 15) is 4.79 Å². The molecule has 1 fully saturated rings. The van der Waals surface area contributed by atoms with E-state index >= 15 is 0 Å². The summed E-state index contributed by atoms with van der Waals surface area (Å²) in [5.41, 5.74) is 6.39. The Hall–Kier alpha value is -1.36. The average Bonchev–Trinajstić information content (AvgIpc) is 3.02. The van der Waals surface area contributed by atoms with Crippen LogP contribution in [0.1, 0.15) is 18.5 Å². The SMILES string of the molecule is CN(C(=O)Cn1cnc(CCN)c1)C1CC1. The summed E-state index contributed by atoms with van der Waals surface area (Å²) in [6.07, 6.45) is 6.64. The smallest absolute Gasteiger partial charge is 0.242 e. The van der Waals surface area contributed by atoms with E-state index in [2.05, 4.69) is 4.98 Å². The molecule has 0 saturated heterocycles. The lowest BCUT2D eigenvalue weighted by Crippen LogP contribution is -2.31. The third kappa shape index (κ3) is 2.61. The second-order valence-electron chi connectivity index (χ2n) is 4.31. The van der Waals surface area contributed by atoms with Gasteiger partial charge in [0.25, 0.3) is 0 Å². The zero-order valence-electron chi connectivity index (χ0n) is 9.59. The summed E-state index contributed by atoms with van der Waals surface area (Å²) in [6, 6.07) is 0.472. The van der Waals surface area contributed by atoms with Gasteiger partial charge in [-0.2, -0.15) is 0 Å². The summed E-state index contributed by atoms with van der Waals surface area (Å²) in [5.74, 6) is 0.152. The van der Waals surface area contributed by atoms with Gasteiger partial charge in [-0.3, -0.25) is 4.79 Å². The van der Waals surface area contributed by atoms with Gasteiger partial charge in [0.1, 0.15) is 6.54 Å². The van der Waals surface area contributed by atoms with Gasteiger partial charge in [0.2, 0.25) is 5.91 Å². The van der Waals surface area contributed by atoms with Crippen molar-refractivity contribution >= 4 is 5.91 Å². The molecule has 0 atom stereocenters. The second kappa shape index (κ2) is 4.65. The first-order chi connectivity index (χ1) is 7.70. The van der Waals surface area contributed by atoms with Gasteiger partial charge in [0.05, 0.1) is 12.0 Å². The van der Waals surface area contributed by atoms with Crippen molar-refractivity contribution in [2.24, 2.45) is 5.73 Å². The minimum atomic E-state index is 0.152. The van der Waals surface area contributed by atoms with Crippen LogP contribution in [0, 0.1) is 0 Å². The van der Waals surface area contributed by atoms with Gasteiger partial charge < -0.3 is 15.2 Å². The quantitative estimate of drug-likeness (QED) is 0.763. The van der Waals surface area contributed by atoms with Crippen LogP contribution in [0.5, 0.6) is 0 Å². The van der Waals surface area contributed by atoms with Crippen LogP contribution in [-0.4, -0.2) is 40.0 Å². The van der Waals surface area contributed by atoms with Crippen molar-refractivity contribution in [3.63, 3.8) is 0 Å². The third-order valence-electron chi connectivity index (χ3n) is 2.89. The van der Waals surface area contributed by atoms with Gasteiger partial charge in [-0.1, -0.05) is 0 Å². The van der Waals surface area contributed by atoms with Crippen LogP contribution in [-0.2, 0) is 17.8 Å². The molecule has 2 rings (SSSR count). The fourth-order valence-corrected chi connectivity index (χ4v) is 1.70. The number of carbonyl (C=O) groups excluding carboxylic acids is 1. The molecule has 1 aliphatic carbocycles. The molecule has 5 nitrogen and oxygen atoms in total. The molecule has 1 aliphatic rings. The maximum Gasteiger partial charge on any atom is 0.242 e. The van der Waals surface area contributed by atoms with Crippen molar-refractivity contribution in [2.75, 3.05) is 13.6 Å². The van der Waals surface area contributed by atoms with E-state index in [1.165, 1.54) is 0 Å².